The first-order chi connectivity index (χ1) is 17.0. The van der Waals surface area contributed by atoms with Crippen molar-refractivity contribution in [3.05, 3.63) is 47.5 Å². The van der Waals surface area contributed by atoms with Gasteiger partial charge in [0.25, 0.3) is 0 Å². The first-order valence-electron chi connectivity index (χ1n) is 11.7. The van der Waals surface area contributed by atoms with Gasteiger partial charge in [-0.2, -0.15) is 4.98 Å². The van der Waals surface area contributed by atoms with Crippen molar-refractivity contribution < 1.29 is 19.0 Å². The number of anilines is 1. The largest absolute Gasteiger partial charge is 0.497 e. The first-order valence-corrected chi connectivity index (χ1v) is 12.7. The highest BCUT2D eigenvalue weighted by molar-refractivity contribution is 7.99. The van der Waals surface area contributed by atoms with Gasteiger partial charge in [0.05, 0.1) is 25.5 Å². The summed E-state index contributed by atoms with van der Waals surface area (Å²) in [6.07, 6.45) is 2.15. The average molecular weight is 495 g/mol. The summed E-state index contributed by atoms with van der Waals surface area (Å²) >= 11 is 1.54. The Morgan fingerprint density at radius 2 is 1.94 bits per heavy atom. The number of hydrogen-bond acceptors (Lipinski definition) is 8. The van der Waals surface area contributed by atoms with Crippen molar-refractivity contribution >= 4 is 23.4 Å². The quantitative estimate of drug-likeness (QED) is 0.302. The van der Waals surface area contributed by atoms with E-state index in [0.717, 1.165) is 36.1 Å². The minimum atomic E-state index is -0.828. The maximum Gasteiger partial charge on any atom is 0.247 e. The molecule has 2 heterocycles. The SMILES string of the molecule is CCCCSc1nnc2c(n1)O[C@H](c1ccc(OC)cc1OC)N(C(C)=O)c1ccc(CC)cc1-2. The number of carbonyl (C=O) groups excluding carboxylic acids is 1. The number of aromatic nitrogens is 3. The van der Waals surface area contributed by atoms with Crippen LogP contribution >= 0.6 is 11.8 Å². The van der Waals surface area contributed by atoms with Crippen molar-refractivity contribution in [2.75, 3.05) is 24.9 Å². The van der Waals surface area contributed by atoms with E-state index in [-0.39, 0.29) is 5.91 Å². The molecule has 3 aromatic rings. The van der Waals surface area contributed by atoms with Gasteiger partial charge in [0.15, 0.2) is 5.69 Å². The van der Waals surface area contributed by atoms with Gasteiger partial charge in [-0.25, -0.2) is 0 Å². The second kappa shape index (κ2) is 10.9. The van der Waals surface area contributed by atoms with Crippen molar-refractivity contribution in [3.63, 3.8) is 0 Å². The van der Waals surface area contributed by atoms with Crippen molar-refractivity contribution in [1.82, 2.24) is 15.2 Å². The van der Waals surface area contributed by atoms with Gasteiger partial charge in [0.1, 0.15) is 11.5 Å². The normalized spacial score (nSPS) is 14.4. The Hall–Kier alpha value is -3.33. The van der Waals surface area contributed by atoms with Crippen LogP contribution in [0.15, 0.2) is 41.6 Å². The molecule has 1 amide bonds. The molecule has 0 fully saturated rings. The van der Waals surface area contributed by atoms with Crippen LogP contribution in [0.25, 0.3) is 11.3 Å². The third-order valence-electron chi connectivity index (χ3n) is 5.85. The van der Waals surface area contributed by atoms with E-state index in [4.69, 9.17) is 19.2 Å². The number of rotatable bonds is 8. The molecule has 0 bridgehead atoms. The van der Waals surface area contributed by atoms with Gasteiger partial charge in [-0.1, -0.05) is 38.1 Å². The van der Waals surface area contributed by atoms with Gasteiger partial charge in [-0.15, -0.1) is 10.2 Å². The molecule has 0 unspecified atom stereocenters. The number of ether oxygens (including phenoxy) is 3. The third kappa shape index (κ3) is 5.05. The topological polar surface area (TPSA) is 86.7 Å². The molecule has 8 nitrogen and oxygen atoms in total. The number of fused-ring (bicyclic) bond motifs is 3. The Morgan fingerprint density at radius 1 is 1.11 bits per heavy atom. The fourth-order valence-electron chi connectivity index (χ4n) is 3.97. The van der Waals surface area contributed by atoms with E-state index in [1.54, 1.807) is 36.9 Å². The van der Waals surface area contributed by atoms with Crippen LogP contribution in [-0.2, 0) is 11.2 Å². The maximum absolute atomic E-state index is 13.1. The summed E-state index contributed by atoms with van der Waals surface area (Å²) in [5.74, 6) is 2.22. The minimum absolute atomic E-state index is 0.184. The molecule has 0 N–H and O–H groups in total. The zero-order valence-electron chi connectivity index (χ0n) is 20.7. The number of nitrogens with zero attached hydrogens (tertiary/aromatic N) is 4. The molecule has 184 valence electrons. The standard InChI is InChI=1S/C26H30N4O4S/c1-6-8-13-35-26-27-24-23(28-29-26)20-14-17(7-2)9-12-21(20)30(16(3)31)25(34-24)19-11-10-18(32-4)15-22(19)33-5/h9-12,14-15,25H,6-8,13H2,1-5H3/t25-/m1/s1. The molecular weight excluding hydrogens is 464 g/mol. The van der Waals surface area contributed by atoms with Gasteiger partial charge in [-0.05, 0) is 42.7 Å². The fraction of sp³-hybridized carbons (Fsp3) is 0.385. The van der Waals surface area contributed by atoms with Crippen LogP contribution < -0.4 is 19.1 Å². The van der Waals surface area contributed by atoms with E-state index in [0.29, 0.717) is 39.5 Å². The van der Waals surface area contributed by atoms with Crippen LogP contribution in [-0.4, -0.2) is 41.1 Å². The first kappa shape index (κ1) is 24.8. The van der Waals surface area contributed by atoms with Crippen molar-refractivity contribution in [1.29, 1.82) is 0 Å². The Bertz CT molecular complexity index is 1220. The highest BCUT2D eigenvalue weighted by Gasteiger charge is 2.36. The minimum Gasteiger partial charge on any atom is -0.497 e. The van der Waals surface area contributed by atoms with Crippen LogP contribution in [0, 0.1) is 0 Å². The lowest BCUT2D eigenvalue weighted by Gasteiger charge is -2.31. The number of hydrogen-bond donors (Lipinski definition) is 0. The maximum atomic E-state index is 13.1. The molecule has 1 atom stereocenters. The van der Waals surface area contributed by atoms with Crippen LogP contribution in [0.2, 0.25) is 0 Å². The fourth-order valence-corrected chi connectivity index (χ4v) is 4.83. The molecule has 1 aromatic heterocycles. The Labute approximate surface area is 210 Å². The Morgan fingerprint density at radius 3 is 2.63 bits per heavy atom. The van der Waals surface area contributed by atoms with E-state index in [1.165, 1.54) is 6.92 Å². The number of aryl methyl sites for hydroxylation is 1. The summed E-state index contributed by atoms with van der Waals surface area (Å²) in [5.41, 5.74) is 3.73. The molecule has 0 saturated carbocycles. The Balaban J connectivity index is 1.92. The van der Waals surface area contributed by atoms with Gasteiger partial charge in [0.2, 0.25) is 23.2 Å². The van der Waals surface area contributed by atoms with Crippen molar-refractivity contribution in [2.45, 2.75) is 51.4 Å². The summed E-state index contributed by atoms with van der Waals surface area (Å²) in [4.78, 5) is 19.4. The van der Waals surface area contributed by atoms with Crippen LogP contribution in [0.3, 0.4) is 0 Å². The second-order valence-electron chi connectivity index (χ2n) is 8.12. The molecule has 0 radical (unpaired) electrons. The lowest BCUT2D eigenvalue weighted by atomic mass is 10.0. The number of amides is 1. The zero-order chi connectivity index (χ0) is 24.9. The van der Waals surface area contributed by atoms with Gasteiger partial charge < -0.3 is 14.2 Å². The van der Waals surface area contributed by atoms with Crippen molar-refractivity contribution in [3.8, 4) is 28.6 Å². The van der Waals surface area contributed by atoms with Gasteiger partial charge in [0, 0.05) is 24.3 Å². The number of carbonyl (C=O) groups is 1. The molecular formula is C26H30N4O4S. The third-order valence-corrected chi connectivity index (χ3v) is 6.78. The second-order valence-corrected chi connectivity index (χ2v) is 9.18. The Kier molecular flexibility index (Phi) is 7.75. The highest BCUT2D eigenvalue weighted by Crippen LogP contribution is 2.45. The molecule has 1 aliphatic heterocycles. The summed E-state index contributed by atoms with van der Waals surface area (Å²) in [5, 5.41) is 9.42. The summed E-state index contributed by atoms with van der Waals surface area (Å²) in [6, 6.07) is 11.4. The van der Waals surface area contributed by atoms with E-state index in [1.807, 2.05) is 30.3 Å². The predicted octanol–water partition coefficient (Wildman–Crippen LogP) is 5.45. The number of unbranched alkanes of at least 4 members (excludes halogenated alkanes) is 1. The molecule has 2 aromatic carbocycles. The lowest BCUT2D eigenvalue weighted by molar-refractivity contribution is -0.118. The number of methoxy groups -OCH3 is 2. The summed E-state index contributed by atoms with van der Waals surface area (Å²) < 4.78 is 17.5. The molecule has 0 saturated heterocycles. The van der Waals surface area contributed by atoms with Crippen LogP contribution in [0.1, 0.15) is 51.0 Å². The van der Waals surface area contributed by atoms with Gasteiger partial charge in [-0.3, -0.25) is 9.69 Å². The smallest absolute Gasteiger partial charge is 0.247 e. The van der Waals surface area contributed by atoms with E-state index >= 15 is 0 Å². The van der Waals surface area contributed by atoms with E-state index < -0.39 is 6.23 Å². The monoisotopic (exact) mass is 494 g/mol. The average Bonchev–Trinajstić information content (AvgIpc) is 3.02. The van der Waals surface area contributed by atoms with E-state index in [2.05, 4.69) is 24.0 Å². The molecule has 35 heavy (non-hydrogen) atoms. The molecule has 4 rings (SSSR count). The summed E-state index contributed by atoms with van der Waals surface area (Å²) in [6.45, 7) is 5.75. The lowest BCUT2D eigenvalue weighted by Crippen LogP contribution is -2.36. The molecule has 1 aliphatic rings. The molecule has 0 spiro atoms. The number of benzene rings is 2. The van der Waals surface area contributed by atoms with Crippen molar-refractivity contribution in [2.24, 2.45) is 0 Å². The zero-order valence-corrected chi connectivity index (χ0v) is 21.5. The summed E-state index contributed by atoms with van der Waals surface area (Å²) in [7, 11) is 3.17. The van der Waals surface area contributed by atoms with Gasteiger partial charge >= 0.3 is 0 Å². The predicted molar refractivity (Wildman–Crippen MR) is 136 cm³/mol. The highest BCUT2D eigenvalue weighted by atomic mass is 32.2. The van der Waals surface area contributed by atoms with Crippen LogP contribution in [0.4, 0.5) is 5.69 Å². The van der Waals surface area contributed by atoms with E-state index in [9.17, 15) is 4.79 Å². The molecule has 0 aliphatic carbocycles. The molecule has 9 heteroatoms. The van der Waals surface area contributed by atoms with Crippen LogP contribution in [0.5, 0.6) is 17.4 Å². The number of thioether (sulfide) groups is 1.